The lowest BCUT2D eigenvalue weighted by Gasteiger charge is -2.04. The predicted molar refractivity (Wildman–Crippen MR) is 74.6 cm³/mol. The van der Waals surface area contributed by atoms with Crippen LogP contribution in [0.15, 0.2) is 28.1 Å². The van der Waals surface area contributed by atoms with Gasteiger partial charge < -0.3 is 10.1 Å². The Morgan fingerprint density at radius 2 is 2.29 bits per heavy atom. The number of aromatic nitrogens is 1. The molecule has 1 aromatic carbocycles. The molecule has 0 bridgehead atoms. The summed E-state index contributed by atoms with van der Waals surface area (Å²) in [7, 11) is 3.58. The SMILES string of the molecule is CNCc1nc(-c2ccc(OC)c(Br)c2)cs1. The third kappa shape index (κ3) is 2.86. The monoisotopic (exact) mass is 312 g/mol. The number of hydrogen-bond donors (Lipinski definition) is 1. The highest BCUT2D eigenvalue weighted by Crippen LogP contribution is 2.30. The van der Waals surface area contributed by atoms with E-state index in [2.05, 4.69) is 31.6 Å². The lowest BCUT2D eigenvalue weighted by molar-refractivity contribution is 0.412. The standard InChI is InChI=1S/C12H13BrN2OS/c1-14-6-12-15-10(7-17-12)8-3-4-11(16-2)9(13)5-8/h3-5,7,14H,6H2,1-2H3. The fourth-order valence-corrected chi connectivity index (χ4v) is 2.86. The second kappa shape index (κ2) is 5.62. The normalized spacial score (nSPS) is 10.5. The predicted octanol–water partition coefficient (Wildman–Crippen LogP) is 3.30. The summed E-state index contributed by atoms with van der Waals surface area (Å²) in [5, 5.41) is 6.26. The van der Waals surface area contributed by atoms with Crippen molar-refractivity contribution in [2.75, 3.05) is 14.2 Å². The van der Waals surface area contributed by atoms with E-state index in [-0.39, 0.29) is 0 Å². The van der Waals surface area contributed by atoms with E-state index >= 15 is 0 Å². The number of thiazole rings is 1. The van der Waals surface area contributed by atoms with Crippen LogP contribution in [0.1, 0.15) is 5.01 Å². The van der Waals surface area contributed by atoms with Gasteiger partial charge in [0.25, 0.3) is 0 Å². The molecular formula is C12H13BrN2OS. The molecule has 0 saturated heterocycles. The van der Waals surface area contributed by atoms with Crippen molar-refractivity contribution in [2.24, 2.45) is 0 Å². The van der Waals surface area contributed by atoms with E-state index in [0.29, 0.717) is 0 Å². The number of methoxy groups -OCH3 is 1. The first-order valence-corrected chi connectivity index (χ1v) is 6.84. The fraction of sp³-hybridized carbons (Fsp3) is 0.250. The first-order valence-electron chi connectivity index (χ1n) is 5.17. The van der Waals surface area contributed by atoms with E-state index in [1.807, 2.05) is 25.2 Å². The fourth-order valence-electron chi connectivity index (χ4n) is 1.50. The molecule has 3 nitrogen and oxygen atoms in total. The van der Waals surface area contributed by atoms with E-state index in [1.165, 1.54) is 0 Å². The van der Waals surface area contributed by atoms with Crippen molar-refractivity contribution in [1.29, 1.82) is 0 Å². The number of benzene rings is 1. The van der Waals surface area contributed by atoms with Gasteiger partial charge in [0.1, 0.15) is 10.8 Å². The van der Waals surface area contributed by atoms with Crippen molar-refractivity contribution in [3.63, 3.8) is 0 Å². The second-order valence-electron chi connectivity index (χ2n) is 3.51. The van der Waals surface area contributed by atoms with Crippen molar-refractivity contribution in [3.8, 4) is 17.0 Å². The van der Waals surface area contributed by atoms with Crippen LogP contribution in [0.3, 0.4) is 0 Å². The van der Waals surface area contributed by atoms with Crippen LogP contribution in [0.4, 0.5) is 0 Å². The smallest absolute Gasteiger partial charge is 0.133 e. The minimum Gasteiger partial charge on any atom is -0.496 e. The average Bonchev–Trinajstić information content (AvgIpc) is 2.78. The molecule has 0 fully saturated rings. The Balaban J connectivity index is 2.29. The van der Waals surface area contributed by atoms with E-state index < -0.39 is 0 Å². The molecule has 0 aliphatic carbocycles. The van der Waals surface area contributed by atoms with Gasteiger partial charge in [0, 0.05) is 17.5 Å². The van der Waals surface area contributed by atoms with E-state index in [0.717, 1.165) is 33.0 Å². The summed E-state index contributed by atoms with van der Waals surface area (Å²) in [5.74, 6) is 0.833. The highest BCUT2D eigenvalue weighted by Gasteiger charge is 2.07. The van der Waals surface area contributed by atoms with Gasteiger partial charge in [-0.25, -0.2) is 4.98 Å². The molecule has 1 heterocycles. The van der Waals surface area contributed by atoms with Crippen LogP contribution in [-0.4, -0.2) is 19.1 Å². The Hall–Kier alpha value is -0.910. The summed E-state index contributed by atoms with van der Waals surface area (Å²) >= 11 is 5.15. The Morgan fingerprint density at radius 3 is 2.94 bits per heavy atom. The summed E-state index contributed by atoms with van der Waals surface area (Å²) in [4.78, 5) is 4.56. The summed E-state index contributed by atoms with van der Waals surface area (Å²) in [5.41, 5.74) is 2.10. The van der Waals surface area contributed by atoms with Crippen LogP contribution >= 0.6 is 27.3 Å². The van der Waals surface area contributed by atoms with E-state index in [1.54, 1.807) is 18.4 Å². The quantitative estimate of drug-likeness (QED) is 0.940. The van der Waals surface area contributed by atoms with E-state index in [9.17, 15) is 0 Å². The summed E-state index contributed by atoms with van der Waals surface area (Å²) in [6, 6.07) is 5.98. The molecule has 0 aliphatic rings. The zero-order chi connectivity index (χ0) is 12.3. The van der Waals surface area contributed by atoms with Gasteiger partial charge in [0.05, 0.1) is 17.3 Å². The molecule has 0 aliphatic heterocycles. The van der Waals surface area contributed by atoms with Gasteiger partial charge in [0.2, 0.25) is 0 Å². The van der Waals surface area contributed by atoms with Gasteiger partial charge in [-0.05, 0) is 41.2 Å². The molecule has 0 spiro atoms. The van der Waals surface area contributed by atoms with Crippen LogP contribution in [0, 0.1) is 0 Å². The van der Waals surface area contributed by atoms with Gasteiger partial charge >= 0.3 is 0 Å². The highest BCUT2D eigenvalue weighted by atomic mass is 79.9. The number of rotatable bonds is 4. The summed E-state index contributed by atoms with van der Waals surface area (Å²) in [6.07, 6.45) is 0. The van der Waals surface area contributed by atoms with E-state index in [4.69, 9.17) is 4.74 Å². The largest absolute Gasteiger partial charge is 0.496 e. The Bertz CT molecular complexity index is 513. The Labute approximate surface area is 113 Å². The molecule has 17 heavy (non-hydrogen) atoms. The van der Waals surface area contributed by atoms with Gasteiger partial charge in [-0.3, -0.25) is 0 Å². The van der Waals surface area contributed by atoms with Crippen LogP contribution in [0.25, 0.3) is 11.3 Å². The van der Waals surface area contributed by atoms with Crippen LogP contribution < -0.4 is 10.1 Å². The van der Waals surface area contributed by atoms with Gasteiger partial charge in [-0.1, -0.05) is 0 Å². The molecule has 0 amide bonds. The minimum atomic E-state index is 0.808. The number of halogens is 1. The van der Waals surface area contributed by atoms with Crippen molar-refractivity contribution in [3.05, 3.63) is 33.1 Å². The highest BCUT2D eigenvalue weighted by molar-refractivity contribution is 9.10. The molecule has 1 N–H and O–H groups in total. The molecule has 5 heteroatoms. The van der Waals surface area contributed by atoms with Crippen LogP contribution in [-0.2, 0) is 6.54 Å². The third-order valence-electron chi connectivity index (χ3n) is 2.33. The first kappa shape index (κ1) is 12.5. The lowest BCUT2D eigenvalue weighted by atomic mass is 10.2. The van der Waals surface area contributed by atoms with Gasteiger partial charge in [-0.2, -0.15) is 0 Å². The molecule has 90 valence electrons. The molecule has 2 rings (SSSR count). The average molecular weight is 313 g/mol. The third-order valence-corrected chi connectivity index (χ3v) is 3.80. The number of ether oxygens (including phenoxy) is 1. The zero-order valence-corrected chi connectivity index (χ0v) is 12.1. The zero-order valence-electron chi connectivity index (χ0n) is 9.66. The maximum atomic E-state index is 5.20. The first-order chi connectivity index (χ1) is 8.24. The van der Waals surface area contributed by atoms with Crippen molar-refractivity contribution in [1.82, 2.24) is 10.3 Å². The van der Waals surface area contributed by atoms with Crippen LogP contribution in [0.5, 0.6) is 5.75 Å². The maximum absolute atomic E-state index is 5.20. The molecule has 0 unspecified atom stereocenters. The van der Waals surface area contributed by atoms with Crippen molar-refractivity contribution in [2.45, 2.75) is 6.54 Å². The number of hydrogen-bond acceptors (Lipinski definition) is 4. The molecule has 0 saturated carbocycles. The van der Waals surface area contributed by atoms with Gasteiger partial charge in [-0.15, -0.1) is 11.3 Å². The number of nitrogens with one attached hydrogen (secondary N) is 1. The molecular weight excluding hydrogens is 300 g/mol. The number of nitrogens with zero attached hydrogens (tertiary/aromatic N) is 1. The maximum Gasteiger partial charge on any atom is 0.133 e. The molecule has 1 aromatic heterocycles. The molecule has 0 atom stereocenters. The minimum absolute atomic E-state index is 0.808. The second-order valence-corrected chi connectivity index (χ2v) is 5.30. The Morgan fingerprint density at radius 1 is 1.47 bits per heavy atom. The lowest BCUT2D eigenvalue weighted by Crippen LogP contribution is -2.04. The van der Waals surface area contributed by atoms with Crippen LogP contribution in [0.2, 0.25) is 0 Å². The van der Waals surface area contributed by atoms with Gasteiger partial charge in [0.15, 0.2) is 0 Å². The molecule has 2 aromatic rings. The summed E-state index contributed by atoms with van der Waals surface area (Å²) < 4.78 is 6.15. The summed E-state index contributed by atoms with van der Waals surface area (Å²) in [6.45, 7) is 0.808. The molecule has 0 radical (unpaired) electrons. The topological polar surface area (TPSA) is 34.2 Å². The van der Waals surface area contributed by atoms with Crippen molar-refractivity contribution >= 4 is 27.3 Å². The Kier molecular flexibility index (Phi) is 4.15. The van der Waals surface area contributed by atoms with Crippen molar-refractivity contribution < 1.29 is 4.74 Å².